The maximum atomic E-state index is 11.7. The normalized spacial score (nSPS) is 10.6. The van der Waals surface area contributed by atoms with Gasteiger partial charge in [-0.05, 0) is 24.3 Å². The number of hydrogen-bond donors (Lipinski definition) is 1. The van der Waals surface area contributed by atoms with Crippen molar-refractivity contribution < 1.29 is 4.79 Å². The fourth-order valence-corrected chi connectivity index (χ4v) is 1.85. The zero-order valence-corrected chi connectivity index (χ0v) is 11.4. The molecule has 0 radical (unpaired) electrons. The molecule has 0 saturated heterocycles. The first-order valence-electron chi connectivity index (χ1n) is 5.51. The Balaban J connectivity index is 2.43. The van der Waals surface area contributed by atoms with Crippen molar-refractivity contribution in [3.63, 3.8) is 0 Å². The van der Waals surface area contributed by atoms with Crippen LogP contribution in [0.4, 0.5) is 0 Å². The Morgan fingerprint density at radius 1 is 1.39 bits per heavy atom. The maximum absolute atomic E-state index is 11.7. The lowest BCUT2D eigenvalue weighted by Gasteiger charge is -1.98. The molecule has 1 aromatic heterocycles. The van der Waals surface area contributed by atoms with E-state index in [2.05, 4.69) is 22.7 Å². The van der Waals surface area contributed by atoms with Crippen LogP contribution in [0.3, 0.4) is 0 Å². The molecule has 1 heterocycles. The van der Waals surface area contributed by atoms with Gasteiger partial charge in [0.05, 0.1) is 5.75 Å². The summed E-state index contributed by atoms with van der Waals surface area (Å²) in [7, 11) is 0. The number of carbonyl (C=O) groups is 1. The molecule has 0 amide bonds. The first-order chi connectivity index (χ1) is 8.65. The largest absolute Gasteiger partial charge is 0.273 e. The molecule has 1 aromatic carbocycles. The van der Waals surface area contributed by atoms with Crippen LogP contribution in [0.25, 0.3) is 11.4 Å². The number of nitrogens with zero attached hydrogens (tertiary/aromatic N) is 3. The van der Waals surface area contributed by atoms with Crippen LogP contribution in [-0.2, 0) is 5.75 Å². The van der Waals surface area contributed by atoms with Crippen LogP contribution in [0.15, 0.2) is 24.3 Å². The predicted molar refractivity (Wildman–Crippen MR) is 74.1 cm³/mol. The minimum absolute atomic E-state index is 0.0910. The highest BCUT2D eigenvalue weighted by atomic mass is 35.5. The Hall–Kier alpha value is -1.33. The Labute approximate surface area is 115 Å². The smallest absolute Gasteiger partial charge is 0.248 e. The van der Waals surface area contributed by atoms with Gasteiger partial charge in [-0.2, -0.15) is 17.3 Å². The summed E-state index contributed by atoms with van der Waals surface area (Å²) in [6.45, 7) is 1.79. The summed E-state index contributed by atoms with van der Waals surface area (Å²) in [6, 6.07) is 7.17. The summed E-state index contributed by atoms with van der Waals surface area (Å²) in [5.41, 5.74) is 0.824. The van der Waals surface area contributed by atoms with E-state index in [4.69, 9.17) is 11.6 Å². The number of carbonyl (C=O) groups excluding carboxylic acids is 1. The van der Waals surface area contributed by atoms with Gasteiger partial charge < -0.3 is 0 Å². The molecule has 0 unspecified atom stereocenters. The van der Waals surface area contributed by atoms with E-state index in [9.17, 15) is 4.79 Å². The lowest BCUT2D eigenvalue weighted by atomic mass is 10.2. The second kappa shape index (κ2) is 5.54. The van der Waals surface area contributed by atoms with Crippen LogP contribution < -0.4 is 0 Å². The van der Waals surface area contributed by atoms with Crippen molar-refractivity contribution >= 4 is 30.1 Å². The van der Waals surface area contributed by atoms with Crippen molar-refractivity contribution in [1.82, 2.24) is 14.8 Å². The molecule has 0 fully saturated rings. The Kier molecular flexibility index (Phi) is 4.04. The molecule has 0 saturated carbocycles. The van der Waals surface area contributed by atoms with Gasteiger partial charge >= 0.3 is 0 Å². The minimum atomic E-state index is -0.0910. The lowest BCUT2D eigenvalue weighted by Crippen LogP contribution is -2.13. The van der Waals surface area contributed by atoms with Crippen LogP contribution in [0.2, 0.25) is 5.02 Å². The van der Waals surface area contributed by atoms with E-state index >= 15 is 0 Å². The zero-order valence-electron chi connectivity index (χ0n) is 9.80. The average molecular weight is 282 g/mol. The molecular formula is C12H12ClN3OS. The summed E-state index contributed by atoms with van der Waals surface area (Å²) >= 11 is 9.98. The highest BCUT2D eigenvalue weighted by Gasteiger charge is 2.14. The van der Waals surface area contributed by atoms with Crippen LogP contribution in [0.5, 0.6) is 0 Å². The first-order valence-corrected chi connectivity index (χ1v) is 6.52. The average Bonchev–Trinajstić information content (AvgIpc) is 2.82. The van der Waals surface area contributed by atoms with Gasteiger partial charge in [-0.1, -0.05) is 18.5 Å². The number of rotatable bonds is 3. The molecule has 94 valence electrons. The molecule has 2 aromatic rings. The Morgan fingerprint density at radius 2 is 2.06 bits per heavy atom. The molecule has 6 heteroatoms. The number of halogens is 1. The third-order valence-corrected chi connectivity index (χ3v) is 2.99. The molecular weight excluding hydrogens is 270 g/mol. The second-order valence-corrected chi connectivity index (χ2v) is 4.43. The summed E-state index contributed by atoms with van der Waals surface area (Å²) in [5, 5.41) is 4.87. The molecule has 0 aliphatic carbocycles. The van der Waals surface area contributed by atoms with E-state index in [0.29, 0.717) is 28.8 Å². The van der Waals surface area contributed by atoms with Crippen molar-refractivity contribution in [3.05, 3.63) is 35.1 Å². The lowest BCUT2D eigenvalue weighted by molar-refractivity contribution is 0.0890. The van der Waals surface area contributed by atoms with Gasteiger partial charge in [0, 0.05) is 17.0 Å². The molecule has 2 rings (SSSR count). The Morgan fingerprint density at radius 3 is 2.61 bits per heavy atom. The third-order valence-electron chi connectivity index (χ3n) is 2.46. The summed E-state index contributed by atoms with van der Waals surface area (Å²) in [6.07, 6.45) is 0.379. The summed E-state index contributed by atoms with van der Waals surface area (Å²) < 4.78 is 1.32. The van der Waals surface area contributed by atoms with E-state index < -0.39 is 0 Å². The number of hydrogen-bond acceptors (Lipinski definition) is 4. The van der Waals surface area contributed by atoms with E-state index in [0.717, 1.165) is 5.56 Å². The van der Waals surface area contributed by atoms with Crippen molar-refractivity contribution in [2.45, 2.75) is 19.1 Å². The van der Waals surface area contributed by atoms with Crippen molar-refractivity contribution in [2.24, 2.45) is 0 Å². The molecule has 0 spiro atoms. The molecule has 0 atom stereocenters. The summed E-state index contributed by atoms with van der Waals surface area (Å²) in [4.78, 5) is 16.0. The van der Waals surface area contributed by atoms with Gasteiger partial charge in [0.15, 0.2) is 5.82 Å². The number of thiol groups is 1. The molecule has 4 nitrogen and oxygen atoms in total. The monoisotopic (exact) mass is 281 g/mol. The van der Waals surface area contributed by atoms with Crippen LogP contribution in [-0.4, -0.2) is 20.7 Å². The predicted octanol–water partition coefficient (Wildman–Crippen LogP) is 3.08. The molecule has 0 bridgehead atoms. The van der Waals surface area contributed by atoms with E-state index in [1.165, 1.54) is 4.68 Å². The molecule has 0 aliphatic rings. The molecule has 0 aliphatic heterocycles. The highest BCUT2D eigenvalue weighted by Crippen LogP contribution is 2.19. The van der Waals surface area contributed by atoms with E-state index in [-0.39, 0.29) is 5.91 Å². The maximum Gasteiger partial charge on any atom is 0.248 e. The fraction of sp³-hybridized carbons (Fsp3) is 0.250. The summed E-state index contributed by atoms with van der Waals surface area (Å²) in [5.74, 6) is 1.34. The van der Waals surface area contributed by atoms with Gasteiger partial charge in [-0.15, -0.1) is 5.10 Å². The zero-order chi connectivity index (χ0) is 13.1. The Bertz CT molecular complexity index is 565. The SMILES string of the molecule is CCC(=O)n1nc(-c2ccc(Cl)cc2)nc1CS. The first kappa shape index (κ1) is 13.1. The topological polar surface area (TPSA) is 47.8 Å². The molecule has 18 heavy (non-hydrogen) atoms. The van der Waals surface area contributed by atoms with Gasteiger partial charge in [-0.3, -0.25) is 4.79 Å². The van der Waals surface area contributed by atoms with Gasteiger partial charge in [-0.25, -0.2) is 4.98 Å². The third kappa shape index (κ3) is 2.57. The van der Waals surface area contributed by atoms with Gasteiger partial charge in [0.25, 0.3) is 0 Å². The minimum Gasteiger partial charge on any atom is -0.273 e. The second-order valence-electron chi connectivity index (χ2n) is 3.68. The van der Waals surface area contributed by atoms with Crippen molar-refractivity contribution in [1.29, 1.82) is 0 Å². The van der Waals surface area contributed by atoms with Crippen LogP contribution in [0.1, 0.15) is 24.0 Å². The molecule has 0 N–H and O–H groups in total. The van der Waals surface area contributed by atoms with Crippen LogP contribution in [0, 0.1) is 0 Å². The quantitative estimate of drug-likeness (QED) is 0.880. The van der Waals surface area contributed by atoms with Crippen molar-refractivity contribution in [3.8, 4) is 11.4 Å². The van der Waals surface area contributed by atoms with Crippen molar-refractivity contribution in [2.75, 3.05) is 0 Å². The fourth-order valence-electron chi connectivity index (χ4n) is 1.52. The van der Waals surface area contributed by atoms with E-state index in [1.807, 2.05) is 12.1 Å². The van der Waals surface area contributed by atoms with Crippen LogP contribution >= 0.6 is 24.2 Å². The standard InChI is InChI=1S/C12H12ClN3OS/c1-2-11(17)16-10(7-18)14-12(15-16)8-3-5-9(13)6-4-8/h3-6,18H,2,7H2,1H3. The van der Waals surface area contributed by atoms with Gasteiger partial charge in [0.2, 0.25) is 5.91 Å². The number of aromatic nitrogens is 3. The highest BCUT2D eigenvalue weighted by molar-refractivity contribution is 7.79. The van der Waals surface area contributed by atoms with E-state index in [1.54, 1.807) is 19.1 Å². The number of benzene rings is 1. The van der Waals surface area contributed by atoms with Gasteiger partial charge in [0.1, 0.15) is 5.82 Å².